The number of benzene rings is 1. The number of hydrogen-bond acceptors (Lipinski definition) is 3. The van der Waals surface area contributed by atoms with Crippen molar-refractivity contribution in [3.05, 3.63) is 50.4 Å². The third-order valence-electron chi connectivity index (χ3n) is 1.95. The first-order chi connectivity index (χ1) is 7.16. The molecular weight excluding hydrogens is 274 g/mol. The highest BCUT2D eigenvalue weighted by Gasteiger charge is 2.12. The van der Waals surface area contributed by atoms with E-state index in [1.54, 1.807) is 0 Å². The predicted molar refractivity (Wildman–Crippen MR) is 64.4 cm³/mol. The van der Waals surface area contributed by atoms with E-state index in [1.165, 1.54) is 11.3 Å². The van der Waals surface area contributed by atoms with Crippen LogP contribution in [-0.2, 0) is 0 Å². The Kier molecular flexibility index (Phi) is 2.98. The zero-order valence-corrected chi connectivity index (χ0v) is 10.4. The molecular formula is C11H8BrNOS. The van der Waals surface area contributed by atoms with Gasteiger partial charge in [-0.2, -0.15) is 0 Å². The predicted octanol–water partition coefficient (Wildman–Crippen LogP) is 3.45. The summed E-state index contributed by atoms with van der Waals surface area (Å²) in [5.41, 5.74) is 1.77. The number of thiazole rings is 1. The lowest BCUT2D eigenvalue weighted by molar-refractivity contribution is 0.103. The Morgan fingerprint density at radius 3 is 2.87 bits per heavy atom. The molecule has 0 amide bonds. The lowest BCUT2D eigenvalue weighted by Gasteiger charge is -1.98. The first-order valence-corrected chi connectivity index (χ1v) is 6.06. The molecule has 4 heteroatoms. The van der Waals surface area contributed by atoms with Gasteiger partial charge in [-0.15, -0.1) is 11.3 Å². The Balaban J connectivity index is 2.36. The van der Waals surface area contributed by atoms with Crippen LogP contribution in [0.1, 0.15) is 20.9 Å². The smallest absolute Gasteiger partial charge is 0.221 e. The van der Waals surface area contributed by atoms with Crippen molar-refractivity contribution < 1.29 is 4.79 Å². The van der Waals surface area contributed by atoms with E-state index in [4.69, 9.17) is 0 Å². The molecule has 0 atom stereocenters. The first kappa shape index (κ1) is 10.5. The lowest BCUT2D eigenvalue weighted by Crippen LogP contribution is -2.00. The van der Waals surface area contributed by atoms with Crippen molar-refractivity contribution in [3.63, 3.8) is 0 Å². The van der Waals surface area contributed by atoms with Crippen LogP contribution in [0.15, 0.2) is 34.2 Å². The fourth-order valence-corrected chi connectivity index (χ4v) is 2.48. The van der Waals surface area contributed by atoms with Crippen molar-refractivity contribution in [2.24, 2.45) is 0 Å². The maximum absolute atomic E-state index is 11.9. The molecule has 0 aliphatic heterocycles. The minimum atomic E-state index is -0.0191. The SMILES string of the molecule is Cc1cccc(C(=O)c2nc(Br)cs2)c1. The van der Waals surface area contributed by atoms with E-state index in [2.05, 4.69) is 20.9 Å². The van der Waals surface area contributed by atoms with Gasteiger partial charge in [-0.05, 0) is 28.9 Å². The van der Waals surface area contributed by atoms with Crippen LogP contribution in [0.25, 0.3) is 0 Å². The largest absolute Gasteiger partial charge is 0.286 e. The maximum Gasteiger partial charge on any atom is 0.221 e. The van der Waals surface area contributed by atoms with Crippen molar-refractivity contribution in [2.45, 2.75) is 6.92 Å². The minimum Gasteiger partial charge on any atom is -0.286 e. The Labute approximate surface area is 100 Å². The van der Waals surface area contributed by atoms with Gasteiger partial charge in [-0.1, -0.05) is 23.8 Å². The summed E-state index contributed by atoms with van der Waals surface area (Å²) in [5.74, 6) is -0.0191. The second-order valence-electron chi connectivity index (χ2n) is 3.17. The molecule has 0 radical (unpaired) electrons. The van der Waals surface area contributed by atoms with Crippen LogP contribution in [0.3, 0.4) is 0 Å². The van der Waals surface area contributed by atoms with Crippen LogP contribution in [0.2, 0.25) is 0 Å². The van der Waals surface area contributed by atoms with Gasteiger partial charge in [-0.25, -0.2) is 4.98 Å². The molecule has 0 bridgehead atoms. The van der Waals surface area contributed by atoms with E-state index < -0.39 is 0 Å². The second-order valence-corrected chi connectivity index (χ2v) is 4.84. The minimum absolute atomic E-state index is 0.0191. The number of ketones is 1. The summed E-state index contributed by atoms with van der Waals surface area (Å²) in [6.07, 6.45) is 0. The molecule has 1 heterocycles. The summed E-state index contributed by atoms with van der Waals surface area (Å²) in [4.78, 5) is 16.0. The molecule has 2 nitrogen and oxygen atoms in total. The summed E-state index contributed by atoms with van der Waals surface area (Å²) in [6, 6.07) is 7.53. The normalized spacial score (nSPS) is 10.3. The van der Waals surface area contributed by atoms with Gasteiger partial charge in [0.25, 0.3) is 0 Å². The fraction of sp³-hybridized carbons (Fsp3) is 0.0909. The highest BCUT2D eigenvalue weighted by Crippen LogP contribution is 2.18. The van der Waals surface area contributed by atoms with Crippen molar-refractivity contribution in [1.82, 2.24) is 4.98 Å². The van der Waals surface area contributed by atoms with Crippen molar-refractivity contribution in [2.75, 3.05) is 0 Å². The van der Waals surface area contributed by atoms with E-state index in [1.807, 2.05) is 36.6 Å². The number of carbonyl (C=O) groups is 1. The highest BCUT2D eigenvalue weighted by atomic mass is 79.9. The fourth-order valence-electron chi connectivity index (χ4n) is 1.27. The Morgan fingerprint density at radius 1 is 1.47 bits per heavy atom. The monoisotopic (exact) mass is 281 g/mol. The number of carbonyl (C=O) groups excluding carboxylic acids is 1. The molecule has 1 aromatic carbocycles. The average Bonchev–Trinajstić information content (AvgIpc) is 2.64. The average molecular weight is 282 g/mol. The summed E-state index contributed by atoms with van der Waals surface area (Å²) < 4.78 is 0.712. The van der Waals surface area contributed by atoms with Crippen molar-refractivity contribution >= 4 is 33.0 Å². The topological polar surface area (TPSA) is 30.0 Å². The Hall–Kier alpha value is -1.000. The highest BCUT2D eigenvalue weighted by molar-refractivity contribution is 9.10. The third kappa shape index (κ3) is 2.33. The van der Waals surface area contributed by atoms with Crippen LogP contribution in [0.4, 0.5) is 0 Å². The van der Waals surface area contributed by atoms with E-state index in [0.29, 0.717) is 15.2 Å². The number of halogens is 1. The molecule has 0 saturated heterocycles. The van der Waals surface area contributed by atoms with Crippen LogP contribution in [-0.4, -0.2) is 10.8 Å². The number of hydrogen-bond donors (Lipinski definition) is 0. The van der Waals surface area contributed by atoms with Crippen LogP contribution < -0.4 is 0 Å². The van der Waals surface area contributed by atoms with Gasteiger partial charge >= 0.3 is 0 Å². The molecule has 2 rings (SSSR count). The van der Waals surface area contributed by atoms with Gasteiger partial charge in [0.2, 0.25) is 5.78 Å². The van der Waals surface area contributed by atoms with E-state index >= 15 is 0 Å². The molecule has 0 aliphatic rings. The van der Waals surface area contributed by atoms with Gasteiger partial charge in [0.1, 0.15) is 4.60 Å². The van der Waals surface area contributed by atoms with Gasteiger partial charge in [0.05, 0.1) is 0 Å². The van der Waals surface area contributed by atoms with Gasteiger partial charge < -0.3 is 0 Å². The van der Waals surface area contributed by atoms with Crippen LogP contribution in [0, 0.1) is 6.92 Å². The van der Waals surface area contributed by atoms with E-state index in [9.17, 15) is 4.79 Å². The molecule has 15 heavy (non-hydrogen) atoms. The Bertz CT molecular complexity index is 507. The Morgan fingerprint density at radius 2 is 2.27 bits per heavy atom. The zero-order chi connectivity index (χ0) is 10.8. The summed E-state index contributed by atoms with van der Waals surface area (Å²) >= 11 is 4.59. The maximum atomic E-state index is 11.9. The molecule has 0 fully saturated rings. The van der Waals surface area contributed by atoms with Crippen LogP contribution >= 0.6 is 27.3 Å². The molecule has 1 aromatic heterocycles. The van der Waals surface area contributed by atoms with Gasteiger partial charge in [0, 0.05) is 10.9 Å². The molecule has 0 unspecified atom stereocenters. The molecule has 2 aromatic rings. The lowest BCUT2D eigenvalue weighted by atomic mass is 10.1. The van der Waals surface area contributed by atoms with Crippen molar-refractivity contribution in [3.8, 4) is 0 Å². The molecule has 0 N–H and O–H groups in total. The summed E-state index contributed by atoms with van der Waals surface area (Å²) in [5, 5.41) is 2.33. The molecule has 0 spiro atoms. The molecule has 0 saturated carbocycles. The summed E-state index contributed by atoms with van der Waals surface area (Å²) in [7, 11) is 0. The van der Waals surface area contributed by atoms with E-state index in [-0.39, 0.29) is 5.78 Å². The molecule has 76 valence electrons. The quantitative estimate of drug-likeness (QED) is 0.790. The van der Waals surface area contributed by atoms with Crippen LogP contribution in [0.5, 0.6) is 0 Å². The third-order valence-corrected chi connectivity index (χ3v) is 3.50. The first-order valence-electron chi connectivity index (χ1n) is 4.39. The number of aromatic nitrogens is 1. The number of nitrogens with zero attached hydrogens (tertiary/aromatic N) is 1. The number of aryl methyl sites for hydroxylation is 1. The standard InChI is InChI=1S/C11H8BrNOS/c1-7-3-2-4-8(5-7)10(14)11-13-9(12)6-15-11/h2-6H,1H3. The van der Waals surface area contributed by atoms with Crippen molar-refractivity contribution in [1.29, 1.82) is 0 Å². The second kappa shape index (κ2) is 4.24. The van der Waals surface area contributed by atoms with Gasteiger partial charge in [0.15, 0.2) is 5.01 Å². The van der Waals surface area contributed by atoms with Gasteiger partial charge in [-0.3, -0.25) is 4.79 Å². The van der Waals surface area contributed by atoms with E-state index in [0.717, 1.165) is 5.56 Å². The number of rotatable bonds is 2. The summed E-state index contributed by atoms with van der Waals surface area (Å²) in [6.45, 7) is 1.97. The zero-order valence-electron chi connectivity index (χ0n) is 8.03. The molecule has 0 aliphatic carbocycles.